The number of amides is 1. The van der Waals surface area contributed by atoms with Crippen LogP contribution in [-0.4, -0.2) is 50.8 Å². The predicted octanol–water partition coefficient (Wildman–Crippen LogP) is 2.30. The third-order valence-electron chi connectivity index (χ3n) is 4.41. The second kappa shape index (κ2) is 6.91. The van der Waals surface area contributed by atoms with E-state index < -0.39 is 4.92 Å². The summed E-state index contributed by atoms with van der Waals surface area (Å²) in [4.78, 5) is 25.0. The second-order valence-electron chi connectivity index (χ2n) is 6.67. The zero-order valence-electron chi connectivity index (χ0n) is 15.3. The van der Waals surface area contributed by atoms with Crippen molar-refractivity contribution in [3.8, 4) is 0 Å². The molecule has 9 heteroatoms. The van der Waals surface area contributed by atoms with Gasteiger partial charge in [-0.15, -0.1) is 0 Å². The van der Waals surface area contributed by atoms with E-state index in [1.165, 1.54) is 4.68 Å². The summed E-state index contributed by atoms with van der Waals surface area (Å²) in [6.07, 6.45) is -0.0419. The summed E-state index contributed by atoms with van der Waals surface area (Å²) in [6.45, 7) is 8.36. The summed E-state index contributed by atoms with van der Waals surface area (Å²) in [5.41, 5.74) is 0.809. The van der Waals surface area contributed by atoms with Crippen LogP contribution in [0.3, 0.4) is 0 Å². The molecular weight excluding hydrogens is 340 g/mol. The molecule has 0 aliphatic carbocycles. The van der Waals surface area contributed by atoms with Gasteiger partial charge >= 0.3 is 5.69 Å². The lowest BCUT2D eigenvalue weighted by Gasteiger charge is -2.34. The minimum absolute atomic E-state index is 0.00384. The van der Waals surface area contributed by atoms with Gasteiger partial charge in [0, 0.05) is 13.1 Å². The normalized spacial score (nSPS) is 20.4. The topological polar surface area (TPSA) is 104 Å². The van der Waals surface area contributed by atoms with Crippen LogP contribution in [0.5, 0.6) is 0 Å². The molecule has 1 fully saturated rings. The van der Waals surface area contributed by atoms with Crippen LogP contribution < -0.4 is 0 Å². The molecule has 0 aromatic carbocycles. The Morgan fingerprint density at radius 3 is 2.54 bits per heavy atom. The molecule has 26 heavy (non-hydrogen) atoms. The van der Waals surface area contributed by atoms with Crippen LogP contribution in [0.25, 0.3) is 0 Å². The smallest absolute Gasteiger partial charge is 0.312 e. The van der Waals surface area contributed by atoms with Gasteiger partial charge in [-0.3, -0.25) is 19.6 Å². The maximum Gasteiger partial charge on any atom is 0.312 e. The molecule has 0 radical (unpaired) electrons. The summed E-state index contributed by atoms with van der Waals surface area (Å²) in [7, 11) is 0. The number of carbonyl (C=O) groups is 1. The first-order valence-corrected chi connectivity index (χ1v) is 8.48. The summed E-state index contributed by atoms with van der Waals surface area (Å²) in [5.74, 6) is 0.582. The van der Waals surface area contributed by atoms with Gasteiger partial charge in [-0.05, 0) is 39.8 Å². The summed E-state index contributed by atoms with van der Waals surface area (Å²) in [6, 6.07) is 3.32. The summed E-state index contributed by atoms with van der Waals surface area (Å²) in [5, 5.41) is 15.3. The van der Waals surface area contributed by atoms with Crippen molar-refractivity contribution in [3.05, 3.63) is 45.2 Å². The second-order valence-corrected chi connectivity index (χ2v) is 6.67. The standard InChI is InChI=1S/C17H22N4O5/c1-10-7-19(8-11(2)25-10)17(22)15-6-5-14(26-15)9-20-13(4)16(21(23)24)12(3)18-20/h5-6,10-11H,7-9H2,1-4H3/t10-,11-/m1/s1. The summed E-state index contributed by atoms with van der Waals surface area (Å²) < 4.78 is 12.8. The number of nitrogens with zero attached hydrogens (tertiary/aromatic N) is 4. The van der Waals surface area contributed by atoms with Crippen molar-refractivity contribution >= 4 is 11.6 Å². The molecular formula is C17H22N4O5. The zero-order valence-corrected chi connectivity index (χ0v) is 15.3. The Kier molecular flexibility index (Phi) is 4.82. The van der Waals surface area contributed by atoms with Crippen molar-refractivity contribution in [1.82, 2.24) is 14.7 Å². The van der Waals surface area contributed by atoms with E-state index in [0.29, 0.717) is 30.2 Å². The molecule has 1 saturated heterocycles. The van der Waals surface area contributed by atoms with Crippen molar-refractivity contribution < 1.29 is 18.9 Å². The van der Waals surface area contributed by atoms with Crippen LogP contribution in [0.2, 0.25) is 0 Å². The van der Waals surface area contributed by atoms with E-state index in [4.69, 9.17) is 9.15 Å². The van der Waals surface area contributed by atoms with Gasteiger partial charge in [0.25, 0.3) is 5.91 Å². The third kappa shape index (κ3) is 3.48. The van der Waals surface area contributed by atoms with Crippen LogP contribution in [0.1, 0.15) is 41.6 Å². The first kappa shape index (κ1) is 18.1. The molecule has 0 spiro atoms. The number of aryl methyl sites for hydroxylation is 1. The fourth-order valence-electron chi connectivity index (χ4n) is 3.33. The molecule has 140 valence electrons. The van der Waals surface area contributed by atoms with Crippen LogP contribution in [0, 0.1) is 24.0 Å². The quantitative estimate of drug-likeness (QED) is 0.611. The fourth-order valence-corrected chi connectivity index (χ4v) is 3.33. The van der Waals surface area contributed by atoms with Gasteiger partial charge in [-0.25, -0.2) is 0 Å². The highest BCUT2D eigenvalue weighted by Gasteiger charge is 2.28. The maximum atomic E-state index is 12.6. The molecule has 1 aliphatic heterocycles. The van der Waals surface area contributed by atoms with Gasteiger partial charge in [0.05, 0.1) is 23.7 Å². The lowest BCUT2D eigenvalue weighted by molar-refractivity contribution is -0.386. The summed E-state index contributed by atoms with van der Waals surface area (Å²) >= 11 is 0. The molecule has 0 bridgehead atoms. The van der Waals surface area contributed by atoms with Crippen LogP contribution in [0.4, 0.5) is 5.69 Å². The molecule has 2 aromatic heterocycles. The van der Waals surface area contributed by atoms with Crippen LogP contribution in [-0.2, 0) is 11.3 Å². The van der Waals surface area contributed by atoms with Crippen LogP contribution >= 0.6 is 0 Å². The van der Waals surface area contributed by atoms with Gasteiger partial charge in [-0.2, -0.15) is 5.10 Å². The van der Waals surface area contributed by atoms with E-state index >= 15 is 0 Å². The van der Waals surface area contributed by atoms with Gasteiger partial charge in [0.15, 0.2) is 5.76 Å². The predicted molar refractivity (Wildman–Crippen MR) is 92.1 cm³/mol. The minimum atomic E-state index is -0.438. The maximum absolute atomic E-state index is 12.6. The Balaban J connectivity index is 1.75. The number of aromatic nitrogens is 2. The number of hydrogen-bond donors (Lipinski definition) is 0. The third-order valence-corrected chi connectivity index (χ3v) is 4.41. The Hall–Kier alpha value is -2.68. The largest absolute Gasteiger partial charge is 0.454 e. The Bertz CT molecular complexity index is 830. The van der Waals surface area contributed by atoms with Crippen molar-refractivity contribution in [2.24, 2.45) is 0 Å². The molecule has 2 atom stereocenters. The molecule has 3 heterocycles. The van der Waals surface area contributed by atoms with E-state index in [9.17, 15) is 14.9 Å². The van der Waals surface area contributed by atoms with Crippen molar-refractivity contribution in [3.63, 3.8) is 0 Å². The van der Waals surface area contributed by atoms with Crippen LogP contribution in [0.15, 0.2) is 16.5 Å². The van der Waals surface area contributed by atoms with E-state index in [-0.39, 0.29) is 36.1 Å². The Labute approximate surface area is 150 Å². The molecule has 0 N–H and O–H groups in total. The zero-order chi connectivity index (χ0) is 19.0. The Morgan fingerprint density at radius 2 is 1.96 bits per heavy atom. The van der Waals surface area contributed by atoms with Gasteiger partial charge in [-0.1, -0.05) is 0 Å². The van der Waals surface area contributed by atoms with Crippen molar-refractivity contribution in [2.45, 2.75) is 46.4 Å². The van der Waals surface area contributed by atoms with E-state index in [1.54, 1.807) is 30.9 Å². The number of furan rings is 1. The average Bonchev–Trinajstić information content (AvgIpc) is 3.11. The van der Waals surface area contributed by atoms with E-state index in [1.807, 2.05) is 13.8 Å². The molecule has 0 saturated carbocycles. The van der Waals surface area contributed by atoms with Gasteiger partial charge < -0.3 is 14.1 Å². The first-order chi connectivity index (χ1) is 12.3. The van der Waals surface area contributed by atoms with Gasteiger partial charge in [0.1, 0.15) is 17.1 Å². The SMILES string of the molecule is Cc1nn(Cc2ccc(C(=O)N3C[C@@H](C)O[C@H](C)C3)o2)c(C)c1[N+](=O)[O-]. The minimum Gasteiger partial charge on any atom is -0.454 e. The highest BCUT2D eigenvalue weighted by Crippen LogP contribution is 2.23. The number of ether oxygens (including phenoxy) is 1. The van der Waals surface area contributed by atoms with E-state index in [2.05, 4.69) is 5.10 Å². The highest BCUT2D eigenvalue weighted by molar-refractivity contribution is 5.91. The Morgan fingerprint density at radius 1 is 1.31 bits per heavy atom. The molecule has 1 amide bonds. The van der Waals surface area contributed by atoms with Crippen molar-refractivity contribution in [1.29, 1.82) is 0 Å². The van der Waals surface area contributed by atoms with Gasteiger partial charge in [0.2, 0.25) is 0 Å². The lowest BCUT2D eigenvalue weighted by Crippen LogP contribution is -2.48. The van der Waals surface area contributed by atoms with Crippen molar-refractivity contribution in [2.75, 3.05) is 13.1 Å². The highest BCUT2D eigenvalue weighted by atomic mass is 16.6. The number of morpholine rings is 1. The molecule has 2 aromatic rings. The average molecular weight is 362 g/mol. The number of carbonyl (C=O) groups excluding carboxylic acids is 1. The number of rotatable bonds is 4. The number of hydrogen-bond acceptors (Lipinski definition) is 6. The molecule has 0 unspecified atom stereocenters. The molecule has 3 rings (SSSR count). The molecule has 9 nitrogen and oxygen atoms in total. The first-order valence-electron chi connectivity index (χ1n) is 8.48. The monoisotopic (exact) mass is 362 g/mol. The lowest BCUT2D eigenvalue weighted by atomic mass is 10.2. The molecule has 1 aliphatic rings. The number of nitro groups is 1. The fraction of sp³-hybridized carbons (Fsp3) is 0.529. The van der Waals surface area contributed by atoms with E-state index in [0.717, 1.165) is 0 Å².